The Labute approximate surface area is 72.4 Å². The van der Waals surface area contributed by atoms with Crippen molar-refractivity contribution in [2.45, 2.75) is 38.2 Å². The third kappa shape index (κ3) is 2.29. The maximum absolute atomic E-state index is 10.9. The van der Waals surface area contributed by atoms with E-state index in [4.69, 9.17) is 5.11 Å². The first-order valence-corrected chi connectivity index (χ1v) is 4.57. The van der Waals surface area contributed by atoms with E-state index >= 15 is 0 Å². The van der Waals surface area contributed by atoms with Crippen molar-refractivity contribution >= 4 is 5.78 Å². The molecule has 0 aromatic heterocycles. The summed E-state index contributed by atoms with van der Waals surface area (Å²) >= 11 is 0. The fourth-order valence-corrected chi connectivity index (χ4v) is 1.81. The molecule has 3 nitrogen and oxygen atoms in total. The zero-order valence-corrected chi connectivity index (χ0v) is 7.20. The molecule has 3 heteroatoms. The molecule has 0 aromatic carbocycles. The monoisotopic (exact) mass is 172 g/mol. The molecule has 12 heavy (non-hydrogen) atoms. The molecule has 1 aliphatic rings. The van der Waals surface area contributed by atoms with Crippen molar-refractivity contribution < 1.29 is 15.0 Å². The van der Waals surface area contributed by atoms with Crippen molar-refractivity contribution in [3.05, 3.63) is 0 Å². The normalized spacial score (nSPS) is 22.2. The predicted molar refractivity (Wildman–Crippen MR) is 44.7 cm³/mol. The Morgan fingerprint density at radius 1 is 1.33 bits per heavy atom. The number of aliphatic hydroxyl groups excluding tert-OH is 2. The van der Waals surface area contributed by atoms with Crippen molar-refractivity contribution in [3.63, 3.8) is 0 Å². The number of hydrogen-bond acceptors (Lipinski definition) is 3. The standard InChI is InChI=1S/C9H16O3/c10-6-8(11)9(12)7-4-2-1-3-5-7/h7,9-10,12H,1-6H2. The molecule has 0 spiro atoms. The van der Waals surface area contributed by atoms with Crippen LogP contribution in [0.15, 0.2) is 0 Å². The number of hydrogen-bond donors (Lipinski definition) is 2. The minimum absolute atomic E-state index is 0.0957. The molecule has 1 unspecified atom stereocenters. The Morgan fingerprint density at radius 2 is 1.92 bits per heavy atom. The van der Waals surface area contributed by atoms with Crippen LogP contribution in [0.2, 0.25) is 0 Å². The van der Waals surface area contributed by atoms with E-state index in [-0.39, 0.29) is 5.92 Å². The number of rotatable bonds is 3. The number of aliphatic hydroxyl groups is 2. The van der Waals surface area contributed by atoms with E-state index in [0.29, 0.717) is 0 Å². The fourth-order valence-electron chi connectivity index (χ4n) is 1.81. The van der Waals surface area contributed by atoms with Gasteiger partial charge in [0.05, 0.1) is 0 Å². The van der Waals surface area contributed by atoms with Crippen LogP contribution in [-0.2, 0) is 4.79 Å². The van der Waals surface area contributed by atoms with E-state index in [0.717, 1.165) is 25.7 Å². The summed E-state index contributed by atoms with van der Waals surface area (Å²) in [5.74, 6) is -0.333. The van der Waals surface area contributed by atoms with Gasteiger partial charge in [0.2, 0.25) is 0 Å². The smallest absolute Gasteiger partial charge is 0.186 e. The molecule has 2 N–H and O–H groups in total. The molecule has 0 heterocycles. The van der Waals surface area contributed by atoms with Gasteiger partial charge in [-0.3, -0.25) is 4.79 Å². The van der Waals surface area contributed by atoms with Crippen LogP contribution >= 0.6 is 0 Å². The Bertz CT molecular complexity index is 150. The molecule has 1 atom stereocenters. The largest absolute Gasteiger partial charge is 0.388 e. The first kappa shape index (κ1) is 9.68. The van der Waals surface area contributed by atoms with Crippen molar-refractivity contribution in [1.82, 2.24) is 0 Å². The molecule has 0 amide bonds. The van der Waals surface area contributed by atoms with Crippen LogP contribution in [-0.4, -0.2) is 28.7 Å². The Hall–Kier alpha value is -0.410. The van der Waals surface area contributed by atoms with Gasteiger partial charge < -0.3 is 10.2 Å². The molecule has 0 aliphatic heterocycles. The summed E-state index contributed by atoms with van der Waals surface area (Å²) in [6.07, 6.45) is 4.33. The summed E-state index contributed by atoms with van der Waals surface area (Å²) < 4.78 is 0. The topological polar surface area (TPSA) is 57.5 Å². The van der Waals surface area contributed by atoms with Gasteiger partial charge in [0, 0.05) is 0 Å². The highest BCUT2D eigenvalue weighted by atomic mass is 16.3. The SMILES string of the molecule is O=C(CO)C(O)C1CCCCC1. The Morgan fingerprint density at radius 3 is 2.42 bits per heavy atom. The van der Waals surface area contributed by atoms with Crippen LogP contribution in [0.25, 0.3) is 0 Å². The highest BCUT2D eigenvalue weighted by Gasteiger charge is 2.26. The average molecular weight is 172 g/mol. The van der Waals surface area contributed by atoms with Crippen LogP contribution in [0, 0.1) is 5.92 Å². The van der Waals surface area contributed by atoms with Crippen LogP contribution in [0.4, 0.5) is 0 Å². The number of carbonyl (C=O) groups is 1. The molecule has 1 fully saturated rings. The Balaban J connectivity index is 2.39. The molecular formula is C9H16O3. The maximum Gasteiger partial charge on any atom is 0.186 e. The zero-order chi connectivity index (χ0) is 8.97. The predicted octanol–water partition coefficient (Wildman–Crippen LogP) is 0.489. The fraction of sp³-hybridized carbons (Fsp3) is 0.889. The zero-order valence-electron chi connectivity index (χ0n) is 7.20. The second-order valence-electron chi connectivity index (χ2n) is 3.47. The van der Waals surface area contributed by atoms with Gasteiger partial charge in [-0.25, -0.2) is 0 Å². The number of ketones is 1. The van der Waals surface area contributed by atoms with Gasteiger partial charge in [0.15, 0.2) is 5.78 Å². The molecule has 1 aliphatic carbocycles. The van der Waals surface area contributed by atoms with Gasteiger partial charge >= 0.3 is 0 Å². The van der Waals surface area contributed by atoms with Gasteiger partial charge in [-0.2, -0.15) is 0 Å². The molecule has 0 aromatic rings. The van der Waals surface area contributed by atoms with Crippen LogP contribution in [0.3, 0.4) is 0 Å². The second-order valence-corrected chi connectivity index (χ2v) is 3.47. The van der Waals surface area contributed by atoms with Gasteiger partial charge in [-0.1, -0.05) is 19.3 Å². The van der Waals surface area contributed by atoms with Crippen molar-refractivity contribution in [2.75, 3.05) is 6.61 Å². The lowest BCUT2D eigenvalue weighted by Crippen LogP contribution is -2.32. The van der Waals surface area contributed by atoms with Crippen molar-refractivity contribution in [2.24, 2.45) is 5.92 Å². The molecule has 1 rings (SSSR count). The molecule has 0 bridgehead atoms. The molecule has 0 radical (unpaired) electrons. The highest BCUT2D eigenvalue weighted by Crippen LogP contribution is 2.26. The maximum atomic E-state index is 10.9. The summed E-state index contributed by atoms with van der Waals surface area (Å²) in [6, 6.07) is 0. The van der Waals surface area contributed by atoms with E-state index in [2.05, 4.69) is 0 Å². The summed E-state index contributed by atoms with van der Waals surface area (Å²) in [5.41, 5.74) is 0. The van der Waals surface area contributed by atoms with Gasteiger partial charge in [-0.15, -0.1) is 0 Å². The second kappa shape index (κ2) is 4.58. The van der Waals surface area contributed by atoms with Gasteiger partial charge in [0.1, 0.15) is 12.7 Å². The van der Waals surface area contributed by atoms with Crippen LogP contribution in [0.5, 0.6) is 0 Å². The third-order valence-electron chi connectivity index (χ3n) is 2.58. The average Bonchev–Trinajstić information content (AvgIpc) is 2.17. The highest BCUT2D eigenvalue weighted by molar-refractivity contribution is 5.84. The first-order valence-electron chi connectivity index (χ1n) is 4.57. The van der Waals surface area contributed by atoms with Crippen molar-refractivity contribution in [1.29, 1.82) is 0 Å². The lowest BCUT2D eigenvalue weighted by molar-refractivity contribution is -0.133. The molecule has 70 valence electrons. The van der Waals surface area contributed by atoms with E-state index in [1.54, 1.807) is 0 Å². The molecule has 1 saturated carbocycles. The summed E-state index contributed by atoms with van der Waals surface area (Å²) in [6.45, 7) is -0.530. The number of Topliss-reactive ketones (excluding diaryl/α,β-unsaturated/α-hetero) is 1. The van der Waals surface area contributed by atoms with Gasteiger partial charge in [0.25, 0.3) is 0 Å². The minimum Gasteiger partial charge on any atom is -0.388 e. The lowest BCUT2D eigenvalue weighted by Gasteiger charge is -2.24. The minimum atomic E-state index is -0.921. The molecular weight excluding hydrogens is 156 g/mol. The van der Waals surface area contributed by atoms with Gasteiger partial charge in [-0.05, 0) is 18.8 Å². The van der Waals surface area contributed by atoms with E-state index in [1.165, 1.54) is 6.42 Å². The Kier molecular flexibility index (Phi) is 3.69. The number of carbonyl (C=O) groups excluding carboxylic acids is 1. The van der Waals surface area contributed by atoms with E-state index < -0.39 is 18.5 Å². The quantitative estimate of drug-likeness (QED) is 0.651. The van der Waals surface area contributed by atoms with E-state index in [1.807, 2.05) is 0 Å². The van der Waals surface area contributed by atoms with Crippen molar-refractivity contribution in [3.8, 4) is 0 Å². The summed E-state index contributed by atoms with van der Waals surface area (Å²) in [5, 5.41) is 18.0. The summed E-state index contributed by atoms with van der Waals surface area (Å²) in [7, 11) is 0. The summed E-state index contributed by atoms with van der Waals surface area (Å²) in [4.78, 5) is 10.9. The lowest BCUT2D eigenvalue weighted by atomic mass is 9.84. The van der Waals surface area contributed by atoms with E-state index in [9.17, 15) is 9.90 Å². The molecule has 0 saturated heterocycles. The first-order chi connectivity index (χ1) is 5.75. The third-order valence-corrected chi connectivity index (χ3v) is 2.58. The van der Waals surface area contributed by atoms with Crippen LogP contribution < -0.4 is 0 Å². The van der Waals surface area contributed by atoms with Crippen LogP contribution in [0.1, 0.15) is 32.1 Å².